The lowest BCUT2D eigenvalue weighted by Crippen LogP contribution is -2.69. The van der Waals surface area contributed by atoms with Crippen LogP contribution in [0.3, 0.4) is 0 Å². The lowest BCUT2D eigenvalue weighted by Gasteiger charge is -2.69. The molecule has 0 radical (unpaired) electrons. The normalized spacial score (nSPS) is 49.7. The van der Waals surface area contributed by atoms with Crippen LogP contribution in [0.25, 0.3) is 0 Å². The number of nitrogens with one attached hydrogen (secondary N) is 2. The number of carbonyl (C=O) groups is 3. The summed E-state index contributed by atoms with van der Waals surface area (Å²) in [7, 11) is 0. The topological polar surface area (TPSA) is 431 Å². The standard InChI is InChI=1S/C62H102N2O26/c1-25(2)17-29(69)18-26(3)30-11-12-37-61(9)15-13-36-59(6,7)40(14-16-60(36,8)38(61)19-39(71)62(30,37)10)88-58-53(47(76)35(24-83-58)87-54-41(63-27(4)67)48(77)44(73)32(20-65)84-54)89-55-42(64-28(5)68)49(78)46(75)34(86-55)23-82-57-52(43(72)31(70)22-81-57)90-56-51(80)50(79)45(74)33(21-66)85-56/h17,26,30-58,65-66,70-80H,11-16,18-24H2,1-10H3,(H,63,67)(H,64,68)/t26-,30?,31?,32?,33?,34?,35?,36?,37?,38?,39-,40+,41?,42?,43?,44?,45?,46?,47?,48?,49?,50?,51?,52?,53?,54?,55?,56?,57?,58?,60+,61+,62-/m1/s1. The summed E-state index contributed by atoms with van der Waals surface area (Å²) in [4.78, 5) is 38.5. The molecule has 0 bridgehead atoms. The van der Waals surface area contributed by atoms with E-state index in [1.54, 1.807) is 6.08 Å². The number of hydrogen-bond acceptors (Lipinski definition) is 26. The second-order valence-electron chi connectivity index (χ2n) is 28.9. The Balaban J connectivity index is 0.978. The Morgan fingerprint density at radius 1 is 0.556 bits per heavy atom. The van der Waals surface area contributed by atoms with E-state index in [4.69, 9.17) is 47.4 Å². The Bertz CT molecular complexity index is 2490. The number of amides is 2. The highest BCUT2D eigenvalue weighted by atomic mass is 16.8. The Morgan fingerprint density at radius 2 is 1.09 bits per heavy atom. The van der Waals surface area contributed by atoms with Crippen molar-refractivity contribution < 1.29 is 128 Å². The van der Waals surface area contributed by atoms with Crippen molar-refractivity contribution >= 4 is 17.6 Å². The van der Waals surface area contributed by atoms with E-state index in [1.165, 1.54) is 0 Å². The minimum absolute atomic E-state index is 0.0403. The largest absolute Gasteiger partial charge is 0.394 e. The molecular formula is C62H102N2O26. The molecule has 28 heteroatoms. The van der Waals surface area contributed by atoms with Crippen LogP contribution in [0.4, 0.5) is 0 Å². The summed E-state index contributed by atoms with van der Waals surface area (Å²) in [6, 6.07) is -3.04. The van der Waals surface area contributed by atoms with Crippen LogP contribution in [0.15, 0.2) is 11.6 Å². The van der Waals surface area contributed by atoms with Gasteiger partial charge in [-0.2, -0.15) is 0 Å². The number of fused-ring (bicyclic) bond motifs is 5. The number of ketones is 1. The maximum absolute atomic E-state index is 13.1. The van der Waals surface area contributed by atoms with Crippen LogP contribution in [0.1, 0.15) is 121 Å². The van der Waals surface area contributed by atoms with E-state index < -0.39 is 209 Å². The Morgan fingerprint density at radius 3 is 1.70 bits per heavy atom. The molecule has 90 heavy (non-hydrogen) atoms. The van der Waals surface area contributed by atoms with Crippen molar-refractivity contribution in [1.29, 1.82) is 0 Å². The maximum atomic E-state index is 13.1. The number of hydrogen-bond donors (Lipinski definition) is 15. The van der Waals surface area contributed by atoms with E-state index in [0.29, 0.717) is 25.7 Å². The van der Waals surface area contributed by atoms with E-state index >= 15 is 0 Å². The summed E-state index contributed by atoms with van der Waals surface area (Å²) in [5, 5.41) is 149. The first kappa shape index (κ1) is 71.7. The molecule has 27 unspecified atom stereocenters. The SMILES string of the molecule is CC(=O)NC1C(OC2COC(O[C@H]3CC[C@@]4(C)C(CC[C@]5(C)C4C[C@@H](O)[C@]4(C)C([C@H](C)CC(=O)C=C(C)C)CCC54)C3(C)C)C(OC3OC(COC4OCC(O)C(O)C4OC4OC(CO)C(O)C(O)C4O)C(O)C(O)C3NC(C)=O)C2O)OC(CO)C(O)C1O. The lowest BCUT2D eigenvalue weighted by molar-refractivity contribution is -0.376. The predicted octanol–water partition coefficient (Wildman–Crippen LogP) is -2.75. The summed E-state index contributed by atoms with van der Waals surface area (Å²) >= 11 is 0. The number of allylic oxidation sites excluding steroid dienone is 2. The smallest absolute Gasteiger partial charge is 0.217 e. The molecule has 5 aliphatic heterocycles. The average molecular weight is 1290 g/mol. The Labute approximate surface area is 524 Å². The maximum Gasteiger partial charge on any atom is 0.217 e. The molecular weight excluding hydrogens is 1190 g/mol. The van der Waals surface area contributed by atoms with Gasteiger partial charge in [-0.1, -0.05) is 47.1 Å². The Kier molecular flexibility index (Phi) is 22.5. The van der Waals surface area contributed by atoms with E-state index in [0.717, 1.165) is 45.1 Å². The molecule has 516 valence electrons. The highest BCUT2D eigenvalue weighted by molar-refractivity contribution is 5.90. The third-order valence-corrected chi connectivity index (χ3v) is 22.6. The van der Waals surface area contributed by atoms with Crippen molar-refractivity contribution in [3.05, 3.63) is 11.6 Å². The molecule has 0 aromatic heterocycles. The molecule has 9 aliphatic rings. The number of carbonyl (C=O) groups excluding carboxylic acids is 3. The minimum atomic E-state index is -1.94. The first-order valence-corrected chi connectivity index (χ1v) is 32.1. The zero-order valence-electron chi connectivity index (χ0n) is 53.2. The first-order chi connectivity index (χ1) is 42.2. The quantitative estimate of drug-likeness (QED) is 0.0460. The summed E-state index contributed by atoms with van der Waals surface area (Å²) in [6.07, 6.45) is -29.4. The van der Waals surface area contributed by atoms with Crippen LogP contribution in [0.5, 0.6) is 0 Å². The monoisotopic (exact) mass is 1290 g/mol. The summed E-state index contributed by atoms with van der Waals surface area (Å²) < 4.78 is 61.7. The van der Waals surface area contributed by atoms with Crippen LogP contribution >= 0.6 is 0 Å². The van der Waals surface area contributed by atoms with Crippen LogP contribution in [-0.2, 0) is 61.8 Å². The van der Waals surface area contributed by atoms with Gasteiger partial charge in [0.05, 0.1) is 45.2 Å². The molecule has 33 atom stereocenters. The molecule has 5 saturated heterocycles. The van der Waals surface area contributed by atoms with Crippen molar-refractivity contribution in [2.24, 2.45) is 51.2 Å². The van der Waals surface area contributed by atoms with Gasteiger partial charge in [0, 0.05) is 20.3 Å². The molecule has 4 aliphatic carbocycles. The third kappa shape index (κ3) is 13.6. The molecule has 15 N–H and O–H groups in total. The molecule has 0 spiro atoms. The highest BCUT2D eigenvalue weighted by Gasteiger charge is 2.70. The molecule has 2 amide bonds. The number of aliphatic hydroxyl groups is 13. The first-order valence-electron chi connectivity index (χ1n) is 32.1. The van der Waals surface area contributed by atoms with Gasteiger partial charge in [0.15, 0.2) is 37.2 Å². The fourth-order valence-electron chi connectivity index (χ4n) is 18.1. The molecule has 28 nitrogen and oxygen atoms in total. The van der Waals surface area contributed by atoms with E-state index in [1.807, 2.05) is 13.8 Å². The summed E-state index contributed by atoms with van der Waals surface area (Å²) in [5.74, 6) is -0.614. The summed E-state index contributed by atoms with van der Waals surface area (Å²) in [6.45, 7) is 16.3. The second kappa shape index (κ2) is 28.2. The van der Waals surface area contributed by atoms with Gasteiger partial charge in [0.2, 0.25) is 11.8 Å². The highest BCUT2D eigenvalue weighted by Crippen LogP contribution is 2.74. The molecule has 9 fully saturated rings. The fraction of sp³-hybridized carbons (Fsp3) is 0.919. The molecule has 0 aromatic carbocycles. The van der Waals surface area contributed by atoms with Gasteiger partial charge in [-0.15, -0.1) is 0 Å². The predicted molar refractivity (Wildman–Crippen MR) is 309 cm³/mol. The number of aliphatic hydroxyl groups excluding tert-OH is 13. The number of ether oxygens (including phenoxy) is 10. The molecule has 0 aromatic rings. The third-order valence-electron chi connectivity index (χ3n) is 22.6. The minimum Gasteiger partial charge on any atom is -0.394 e. The van der Waals surface area contributed by atoms with Gasteiger partial charge in [0.25, 0.3) is 0 Å². The number of rotatable bonds is 19. The van der Waals surface area contributed by atoms with E-state index in [2.05, 4.69) is 52.2 Å². The van der Waals surface area contributed by atoms with Crippen LogP contribution in [0, 0.1) is 51.2 Å². The Hall–Kier alpha value is -2.57. The molecule has 5 heterocycles. The molecule has 4 saturated carbocycles. The zero-order valence-corrected chi connectivity index (χ0v) is 53.2. The van der Waals surface area contributed by atoms with Crippen molar-refractivity contribution in [3.63, 3.8) is 0 Å². The average Bonchev–Trinajstić information content (AvgIpc) is 1.19. The van der Waals surface area contributed by atoms with Crippen molar-refractivity contribution in [1.82, 2.24) is 10.6 Å². The van der Waals surface area contributed by atoms with Gasteiger partial charge in [-0.25, -0.2) is 0 Å². The fourth-order valence-corrected chi connectivity index (χ4v) is 18.1. The van der Waals surface area contributed by atoms with Crippen LogP contribution in [0.2, 0.25) is 0 Å². The van der Waals surface area contributed by atoms with E-state index in [-0.39, 0.29) is 46.2 Å². The lowest BCUT2D eigenvalue weighted by atomic mass is 9.36. The zero-order chi connectivity index (χ0) is 66.0. The van der Waals surface area contributed by atoms with Gasteiger partial charge >= 0.3 is 0 Å². The van der Waals surface area contributed by atoms with Gasteiger partial charge in [-0.3, -0.25) is 14.4 Å². The second-order valence-corrected chi connectivity index (χ2v) is 28.9. The van der Waals surface area contributed by atoms with Gasteiger partial charge < -0.3 is 124 Å². The molecule has 9 rings (SSSR count). The van der Waals surface area contributed by atoms with Gasteiger partial charge in [0.1, 0.15) is 110 Å². The summed E-state index contributed by atoms with van der Waals surface area (Å²) in [5.41, 5.74) is -0.445. The van der Waals surface area contributed by atoms with Crippen molar-refractivity contribution in [2.75, 3.05) is 33.0 Å². The van der Waals surface area contributed by atoms with Crippen molar-refractivity contribution in [3.8, 4) is 0 Å². The van der Waals surface area contributed by atoms with Crippen LogP contribution in [-0.4, -0.2) is 270 Å². The van der Waals surface area contributed by atoms with Crippen molar-refractivity contribution in [2.45, 2.75) is 274 Å². The van der Waals surface area contributed by atoms with Gasteiger partial charge in [-0.05, 0) is 116 Å². The van der Waals surface area contributed by atoms with E-state index in [9.17, 15) is 80.8 Å². The van der Waals surface area contributed by atoms with Crippen LogP contribution < -0.4 is 10.6 Å².